The highest BCUT2D eigenvalue weighted by atomic mass is 31.2. The number of nitrogen functional groups attached to an aromatic ring is 1. The first kappa shape index (κ1) is 38.8. The molecule has 9 nitrogen and oxygen atoms in total. The Hall–Kier alpha value is -1.25. The topological polar surface area (TPSA) is 137 Å². The largest absolute Gasteiger partial charge is 0.394 e. The van der Waals surface area contributed by atoms with Gasteiger partial charge in [0, 0.05) is 6.20 Å². The van der Waals surface area contributed by atoms with Gasteiger partial charge in [0.25, 0.3) is 0 Å². The Labute approximate surface area is 255 Å². The maximum Gasteiger partial charge on any atom is 0.353 e. The van der Waals surface area contributed by atoms with Crippen molar-refractivity contribution in [1.82, 2.24) is 9.55 Å². The second-order valence-corrected chi connectivity index (χ2v) is 13.6. The van der Waals surface area contributed by atoms with Crippen LogP contribution in [0.5, 0.6) is 0 Å². The molecule has 0 saturated heterocycles. The highest BCUT2D eigenvalue weighted by Crippen LogP contribution is 2.42. The molecule has 1 unspecified atom stereocenters. The lowest BCUT2D eigenvalue weighted by molar-refractivity contribution is 0.0167. The van der Waals surface area contributed by atoms with Gasteiger partial charge >= 0.3 is 13.3 Å². The highest BCUT2D eigenvalue weighted by Gasteiger charge is 2.22. The van der Waals surface area contributed by atoms with Crippen molar-refractivity contribution in [3.8, 4) is 0 Å². The third-order valence-electron chi connectivity index (χ3n) is 7.76. The van der Waals surface area contributed by atoms with Crippen molar-refractivity contribution in [2.45, 2.75) is 161 Å². The molecule has 0 aliphatic rings. The van der Waals surface area contributed by atoms with Crippen molar-refractivity contribution in [2.75, 3.05) is 25.3 Å². The maximum absolute atomic E-state index is 12.2. The monoisotopic (exact) mass is 615 g/mol. The molecule has 0 amide bonds. The second kappa shape index (κ2) is 26.2. The van der Waals surface area contributed by atoms with Crippen LogP contribution in [0.25, 0.3) is 0 Å². The second-order valence-electron chi connectivity index (χ2n) is 11.8. The van der Waals surface area contributed by atoms with Crippen molar-refractivity contribution in [3.63, 3.8) is 0 Å². The minimum Gasteiger partial charge on any atom is -0.394 e. The van der Waals surface area contributed by atoms with E-state index in [4.69, 9.17) is 15.0 Å². The maximum atomic E-state index is 12.2. The number of hydrogen-bond donors (Lipinski definition) is 3. The standard InChI is InChI=1S/C32H62N3O6P/c1-2-3-4-5-6-7-8-9-10-11-12-13-14-15-16-17-18-19-20-21-22-23-26-41-42(38,39)29-40-30(28-36)27-35-25-24-31(33)34-32(35)37/h24-25,30,36H,2-23,26-29H2,1H3,(H,38,39)(H2,33,34,37)/t30-/m0/s1. The van der Waals surface area contributed by atoms with E-state index < -0.39 is 32.3 Å². The smallest absolute Gasteiger partial charge is 0.353 e. The number of nitrogens with two attached hydrogens (primary N) is 1. The summed E-state index contributed by atoms with van der Waals surface area (Å²) in [5, 5.41) is 9.50. The Bertz CT molecular complexity index is 869. The van der Waals surface area contributed by atoms with Gasteiger partial charge in [0.05, 0.1) is 25.9 Å². The fraction of sp³-hybridized carbons (Fsp3) is 0.875. The summed E-state index contributed by atoms with van der Waals surface area (Å²) < 4.78 is 24.0. The normalized spacial score (nSPS) is 13.8. The van der Waals surface area contributed by atoms with Crippen molar-refractivity contribution < 1.29 is 23.8 Å². The molecule has 2 atom stereocenters. The van der Waals surface area contributed by atoms with Gasteiger partial charge in [0.15, 0.2) is 0 Å². The average Bonchev–Trinajstić information content (AvgIpc) is 2.96. The molecule has 0 saturated carbocycles. The molecule has 0 spiro atoms. The molecule has 0 radical (unpaired) electrons. The van der Waals surface area contributed by atoms with Gasteiger partial charge in [-0.3, -0.25) is 9.13 Å². The van der Waals surface area contributed by atoms with Gasteiger partial charge in [-0.25, -0.2) is 4.79 Å². The predicted molar refractivity (Wildman–Crippen MR) is 173 cm³/mol. The van der Waals surface area contributed by atoms with E-state index in [2.05, 4.69) is 11.9 Å². The number of aliphatic hydroxyl groups excluding tert-OH is 1. The molecule has 42 heavy (non-hydrogen) atoms. The zero-order valence-corrected chi connectivity index (χ0v) is 27.5. The van der Waals surface area contributed by atoms with Gasteiger partial charge in [-0.2, -0.15) is 4.98 Å². The van der Waals surface area contributed by atoms with Crippen molar-refractivity contribution >= 4 is 13.4 Å². The molecule has 0 bridgehead atoms. The molecule has 1 aromatic rings. The van der Waals surface area contributed by atoms with Crippen LogP contribution in [0.15, 0.2) is 17.1 Å². The third-order valence-corrected chi connectivity index (χ3v) is 8.83. The van der Waals surface area contributed by atoms with Crippen LogP contribution in [0.4, 0.5) is 5.82 Å². The molecule has 1 aromatic heterocycles. The predicted octanol–water partition coefficient (Wildman–Crippen LogP) is 7.96. The number of aliphatic hydroxyl groups is 1. The first-order chi connectivity index (χ1) is 20.4. The van der Waals surface area contributed by atoms with E-state index in [0.717, 1.165) is 19.3 Å². The number of nitrogens with zero attached hydrogens (tertiary/aromatic N) is 2. The lowest BCUT2D eigenvalue weighted by atomic mass is 10.0. The summed E-state index contributed by atoms with van der Waals surface area (Å²) in [4.78, 5) is 25.4. The minimum atomic E-state index is -3.94. The molecular formula is C32H62N3O6P. The highest BCUT2D eigenvalue weighted by molar-refractivity contribution is 7.52. The summed E-state index contributed by atoms with van der Waals surface area (Å²) in [5.74, 6) is 0.0985. The summed E-state index contributed by atoms with van der Waals surface area (Å²) >= 11 is 0. The van der Waals surface area contributed by atoms with Crippen LogP contribution in [0.3, 0.4) is 0 Å². The average molecular weight is 616 g/mol. The zero-order chi connectivity index (χ0) is 30.7. The fourth-order valence-electron chi connectivity index (χ4n) is 5.12. The lowest BCUT2D eigenvalue weighted by Crippen LogP contribution is -2.32. The Morgan fingerprint density at radius 2 is 1.24 bits per heavy atom. The molecule has 0 aliphatic heterocycles. The van der Waals surface area contributed by atoms with E-state index in [1.165, 1.54) is 139 Å². The molecule has 0 fully saturated rings. The van der Waals surface area contributed by atoms with E-state index in [1.807, 2.05) is 0 Å². The summed E-state index contributed by atoms with van der Waals surface area (Å²) in [6.45, 7) is 2.04. The summed E-state index contributed by atoms with van der Waals surface area (Å²) in [7, 11) is -3.94. The van der Waals surface area contributed by atoms with Crippen LogP contribution in [0.1, 0.15) is 148 Å². The molecular weight excluding hydrogens is 553 g/mol. The number of aromatic nitrogens is 2. The van der Waals surface area contributed by atoms with Crippen molar-refractivity contribution in [2.24, 2.45) is 0 Å². The van der Waals surface area contributed by atoms with Crippen LogP contribution in [0.2, 0.25) is 0 Å². The molecule has 246 valence electrons. The minimum absolute atomic E-state index is 0.0119. The summed E-state index contributed by atoms with van der Waals surface area (Å²) in [6, 6.07) is 1.46. The molecule has 0 aromatic carbocycles. The van der Waals surface area contributed by atoms with Crippen molar-refractivity contribution in [1.29, 1.82) is 0 Å². The first-order valence-electron chi connectivity index (χ1n) is 16.9. The molecule has 1 heterocycles. The van der Waals surface area contributed by atoms with Crippen LogP contribution in [-0.4, -0.2) is 45.2 Å². The van der Waals surface area contributed by atoms with Gasteiger partial charge in [0.2, 0.25) is 0 Å². The van der Waals surface area contributed by atoms with Crippen LogP contribution >= 0.6 is 7.60 Å². The van der Waals surface area contributed by atoms with E-state index in [0.29, 0.717) is 0 Å². The lowest BCUT2D eigenvalue weighted by Gasteiger charge is -2.19. The fourth-order valence-corrected chi connectivity index (χ4v) is 6.01. The number of anilines is 1. The van der Waals surface area contributed by atoms with E-state index >= 15 is 0 Å². The van der Waals surface area contributed by atoms with E-state index in [9.17, 15) is 19.4 Å². The van der Waals surface area contributed by atoms with E-state index in [1.54, 1.807) is 0 Å². The van der Waals surface area contributed by atoms with Gasteiger partial charge < -0.3 is 25.0 Å². The molecule has 4 N–H and O–H groups in total. The SMILES string of the molecule is CCCCCCCCCCCCCCCCCCCCCCCCOP(=O)(O)CO[C@H](CO)Cn1ccc(N)nc1=O. The van der Waals surface area contributed by atoms with Gasteiger partial charge in [-0.1, -0.05) is 142 Å². The summed E-state index contributed by atoms with van der Waals surface area (Å²) in [6.07, 6.45) is 29.0. The number of hydrogen-bond acceptors (Lipinski definition) is 7. The quantitative estimate of drug-likeness (QED) is 0.0585. The van der Waals surface area contributed by atoms with Gasteiger partial charge in [-0.15, -0.1) is 0 Å². The van der Waals surface area contributed by atoms with Gasteiger partial charge in [-0.05, 0) is 12.5 Å². The third kappa shape index (κ3) is 22.3. The van der Waals surface area contributed by atoms with Crippen LogP contribution in [-0.2, 0) is 20.4 Å². The van der Waals surface area contributed by atoms with Crippen LogP contribution in [0, 0.1) is 0 Å². The molecule has 1 rings (SSSR count). The Kier molecular flexibility index (Phi) is 24.2. The number of unbranched alkanes of at least 4 members (excludes halogenated alkanes) is 21. The number of rotatable bonds is 30. The van der Waals surface area contributed by atoms with Gasteiger partial charge in [0.1, 0.15) is 12.2 Å². The Morgan fingerprint density at radius 1 is 0.810 bits per heavy atom. The van der Waals surface area contributed by atoms with Crippen LogP contribution < -0.4 is 11.4 Å². The Balaban J connectivity index is 1.87. The zero-order valence-electron chi connectivity index (χ0n) is 26.6. The van der Waals surface area contributed by atoms with E-state index in [-0.39, 0.29) is 19.0 Å². The molecule has 0 aliphatic carbocycles. The molecule has 10 heteroatoms. The first-order valence-corrected chi connectivity index (χ1v) is 18.7. The number of ether oxygens (including phenoxy) is 1. The Morgan fingerprint density at radius 3 is 1.64 bits per heavy atom. The van der Waals surface area contributed by atoms with Crippen molar-refractivity contribution in [3.05, 3.63) is 22.7 Å². The summed E-state index contributed by atoms with van der Waals surface area (Å²) in [5.41, 5.74) is 4.89.